The van der Waals surface area contributed by atoms with Gasteiger partial charge in [-0.25, -0.2) is 0 Å². The molecule has 0 radical (unpaired) electrons. The Kier molecular flexibility index (Phi) is 3.75. The molecule has 1 aliphatic rings. The first-order valence-electron chi connectivity index (χ1n) is 5.92. The number of nitrogens with one attached hydrogen (secondary N) is 2. The van der Waals surface area contributed by atoms with E-state index < -0.39 is 0 Å². The summed E-state index contributed by atoms with van der Waals surface area (Å²) >= 11 is 0. The minimum Gasteiger partial charge on any atom is -0.355 e. The highest BCUT2D eigenvalue weighted by atomic mass is 16.1. The van der Waals surface area contributed by atoms with Gasteiger partial charge in [0.2, 0.25) is 5.91 Å². The number of aliphatic imine (C=N–C) groups is 1. The normalized spacial score (nSPS) is 19.1. The zero-order valence-electron chi connectivity index (χ0n) is 9.94. The van der Waals surface area contributed by atoms with Crippen LogP contribution in [0.5, 0.6) is 0 Å². The van der Waals surface area contributed by atoms with Crippen LogP contribution in [0.15, 0.2) is 35.3 Å². The number of guanidine groups is 1. The Labute approximate surface area is 101 Å². The van der Waals surface area contributed by atoms with E-state index in [9.17, 15) is 4.79 Å². The van der Waals surface area contributed by atoms with Crippen LogP contribution in [-0.4, -0.2) is 25.0 Å². The molecule has 1 amide bonds. The number of hydrogen-bond acceptors (Lipinski definition) is 3. The van der Waals surface area contributed by atoms with Gasteiger partial charge in [0.1, 0.15) is 0 Å². The third kappa shape index (κ3) is 3.06. The maximum absolute atomic E-state index is 11.2. The number of amides is 1. The zero-order valence-corrected chi connectivity index (χ0v) is 9.94. The van der Waals surface area contributed by atoms with E-state index in [0.717, 1.165) is 13.1 Å². The molecule has 1 heterocycles. The molecule has 4 heteroatoms. The lowest BCUT2D eigenvalue weighted by atomic mass is 9.98. The number of rotatable bonds is 2. The van der Waals surface area contributed by atoms with Gasteiger partial charge >= 0.3 is 0 Å². The highest BCUT2D eigenvalue weighted by Gasteiger charge is 2.17. The number of hydrogen-bond donors (Lipinski definition) is 2. The van der Waals surface area contributed by atoms with Crippen LogP contribution in [0.1, 0.15) is 24.8 Å². The van der Waals surface area contributed by atoms with Crippen LogP contribution < -0.4 is 10.6 Å². The fourth-order valence-corrected chi connectivity index (χ4v) is 1.79. The van der Waals surface area contributed by atoms with Crippen LogP contribution in [0.25, 0.3) is 0 Å². The lowest BCUT2D eigenvalue weighted by molar-refractivity contribution is -0.119. The van der Waals surface area contributed by atoms with Crippen molar-refractivity contribution in [3.05, 3.63) is 35.9 Å². The molecular formula is C13H17N3O. The van der Waals surface area contributed by atoms with Gasteiger partial charge in [-0.3, -0.25) is 15.1 Å². The van der Waals surface area contributed by atoms with Crippen LogP contribution >= 0.6 is 0 Å². The van der Waals surface area contributed by atoms with Gasteiger partial charge in [0, 0.05) is 18.9 Å². The highest BCUT2D eigenvalue weighted by molar-refractivity contribution is 5.97. The molecule has 0 spiro atoms. The van der Waals surface area contributed by atoms with Crippen LogP contribution in [0.4, 0.5) is 0 Å². The van der Waals surface area contributed by atoms with Gasteiger partial charge in [-0.05, 0) is 5.56 Å². The molecule has 90 valence electrons. The lowest BCUT2D eigenvalue weighted by Crippen LogP contribution is -2.45. The smallest absolute Gasteiger partial charge is 0.226 e. The summed E-state index contributed by atoms with van der Waals surface area (Å²) in [6, 6.07) is 10.3. The van der Waals surface area contributed by atoms with Crippen molar-refractivity contribution in [3.63, 3.8) is 0 Å². The van der Waals surface area contributed by atoms with Gasteiger partial charge in [0.05, 0.1) is 6.54 Å². The van der Waals surface area contributed by atoms with Gasteiger partial charge in [0.15, 0.2) is 5.96 Å². The van der Waals surface area contributed by atoms with Crippen LogP contribution in [0, 0.1) is 0 Å². The van der Waals surface area contributed by atoms with Gasteiger partial charge < -0.3 is 5.32 Å². The van der Waals surface area contributed by atoms with Crippen molar-refractivity contribution >= 4 is 11.9 Å². The average Bonchev–Trinajstić information content (AvgIpc) is 2.40. The van der Waals surface area contributed by atoms with E-state index in [1.165, 1.54) is 5.56 Å². The number of carbonyl (C=O) groups is 1. The van der Waals surface area contributed by atoms with Crippen LogP contribution in [0.3, 0.4) is 0 Å². The monoisotopic (exact) mass is 231 g/mol. The minimum atomic E-state index is -0.00517. The Morgan fingerprint density at radius 2 is 2.24 bits per heavy atom. The number of benzene rings is 1. The topological polar surface area (TPSA) is 53.5 Å². The van der Waals surface area contributed by atoms with Gasteiger partial charge in [-0.2, -0.15) is 0 Å². The summed E-state index contributed by atoms with van der Waals surface area (Å²) < 4.78 is 0. The van der Waals surface area contributed by atoms with E-state index in [0.29, 0.717) is 18.3 Å². The molecule has 2 N–H and O–H groups in total. The first-order chi connectivity index (χ1) is 8.29. The lowest BCUT2D eigenvalue weighted by Gasteiger charge is -2.23. The van der Waals surface area contributed by atoms with Gasteiger partial charge in [-0.1, -0.05) is 37.3 Å². The number of nitrogens with zero attached hydrogens (tertiary/aromatic N) is 1. The summed E-state index contributed by atoms with van der Waals surface area (Å²) in [6.45, 7) is 3.36. The van der Waals surface area contributed by atoms with Crippen LogP contribution in [0.2, 0.25) is 0 Å². The summed E-state index contributed by atoms with van der Waals surface area (Å²) in [7, 11) is 0. The maximum atomic E-state index is 11.2. The van der Waals surface area contributed by atoms with Gasteiger partial charge in [-0.15, -0.1) is 0 Å². The summed E-state index contributed by atoms with van der Waals surface area (Å²) in [5.74, 6) is 0.983. The molecule has 1 atom stereocenters. The Morgan fingerprint density at radius 1 is 1.47 bits per heavy atom. The third-order valence-corrected chi connectivity index (χ3v) is 2.84. The maximum Gasteiger partial charge on any atom is 0.226 e. The second-order valence-electron chi connectivity index (χ2n) is 4.08. The van der Waals surface area contributed by atoms with E-state index in [4.69, 9.17) is 0 Å². The molecule has 0 aromatic heterocycles. The molecule has 2 rings (SSSR count). The SMILES string of the molecule is CCC(=O)NC1=NCC(c2ccccc2)CN1. The van der Waals surface area contributed by atoms with Crippen molar-refractivity contribution < 1.29 is 4.79 Å². The number of carbonyl (C=O) groups excluding carboxylic acids is 1. The second kappa shape index (κ2) is 5.48. The van der Waals surface area contributed by atoms with E-state index in [1.807, 2.05) is 25.1 Å². The predicted octanol–water partition coefficient (Wildman–Crippen LogP) is 1.26. The molecule has 0 aliphatic carbocycles. The molecule has 1 aromatic carbocycles. The highest BCUT2D eigenvalue weighted by Crippen LogP contribution is 2.16. The standard InChI is InChI=1S/C13H17N3O/c1-2-12(17)16-13-14-8-11(9-15-13)10-6-4-3-5-7-10/h3-7,11H,2,8-9H2,1H3,(H2,14,15,16,17). The van der Waals surface area contributed by atoms with Crippen molar-refractivity contribution in [2.75, 3.05) is 13.1 Å². The van der Waals surface area contributed by atoms with Gasteiger partial charge in [0.25, 0.3) is 0 Å². The first-order valence-corrected chi connectivity index (χ1v) is 5.92. The Hall–Kier alpha value is -1.84. The van der Waals surface area contributed by atoms with Crippen molar-refractivity contribution in [1.29, 1.82) is 0 Å². The fourth-order valence-electron chi connectivity index (χ4n) is 1.79. The Morgan fingerprint density at radius 3 is 2.82 bits per heavy atom. The first kappa shape index (κ1) is 11.6. The summed E-state index contributed by atoms with van der Waals surface area (Å²) in [4.78, 5) is 15.5. The summed E-state index contributed by atoms with van der Waals surface area (Å²) in [6.07, 6.45) is 0.475. The van der Waals surface area contributed by atoms with Crippen molar-refractivity contribution in [3.8, 4) is 0 Å². The Bertz CT molecular complexity index is 414. The minimum absolute atomic E-state index is 0.00517. The second-order valence-corrected chi connectivity index (χ2v) is 4.08. The molecule has 1 aromatic rings. The molecule has 0 saturated carbocycles. The molecule has 4 nitrogen and oxygen atoms in total. The van der Waals surface area contributed by atoms with E-state index >= 15 is 0 Å². The molecule has 0 bridgehead atoms. The van der Waals surface area contributed by atoms with Crippen LogP contribution in [-0.2, 0) is 4.79 Å². The van der Waals surface area contributed by atoms with E-state index in [-0.39, 0.29) is 5.91 Å². The molecule has 0 fully saturated rings. The molecule has 1 unspecified atom stereocenters. The quantitative estimate of drug-likeness (QED) is 0.805. The largest absolute Gasteiger partial charge is 0.355 e. The van der Waals surface area contributed by atoms with E-state index in [1.54, 1.807) is 0 Å². The third-order valence-electron chi connectivity index (χ3n) is 2.84. The summed E-state index contributed by atoms with van der Waals surface area (Å²) in [5, 5.41) is 5.89. The molecule has 0 saturated heterocycles. The van der Waals surface area contributed by atoms with E-state index in [2.05, 4.69) is 27.8 Å². The molecule has 1 aliphatic heterocycles. The molecular weight excluding hydrogens is 214 g/mol. The average molecular weight is 231 g/mol. The zero-order chi connectivity index (χ0) is 12.1. The molecule has 17 heavy (non-hydrogen) atoms. The van der Waals surface area contributed by atoms with Crippen molar-refractivity contribution in [1.82, 2.24) is 10.6 Å². The Balaban J connectivity index is 1.95. The van der Waals surface area contributed by atoms with Crippen molar-refractivity contribution in [2.45, 2.75) is 19.3 Å². The predicted molar refractivity (Wildman–Crippen MR) is 67.9 cm³/mol. The fraction of sp³-hybridized carbons (Fsp3) is 0.385. The van der Waals surface area contributed by atoms with Crippen molar-refractivity contribution in [2.24, 2.45) is 4.99 Å². The summed E-state index contributed by atoms with van der Waals surface area (Å²) in [5.41, 5.74) is 1.28.